The molecule has 1 aliphatic heterocycles. The zero-order valence-electron chi connectivity index (χ0n) is 15.3. The van der Waals surface area contributed by atoms with Crippen LogP contribution < -0.4 is 15.2 Å². The minimum absolute atomic E-state index is 0.0412. The molecule has 0 unspecified atom stereocenters. The lowest BCUT2D eigenvalue weighted by atomic mass is 9.89. The monoisotopic (exact) mass is 419 g/mol. The quantitative estimate of drug-likeness (QED) is 0.599. The van der Waals surface area contributed by atoms with Gasteiger partial charge >= 0.3 is 0 Å². The molecule has 3 N–H and O–H groups in total. The largest absolute Gasteiger partial charge is 0.488 e. The van der Waals surface area contributed by atoms with E-state index in [1.165, 1.54) is 6.07 Å². The van der Waals surface area contributed by atoms with E-state index in [1.807, 2.05) is 0 Å². The number of fused-ring (bicyclic) bond motifs is 1. The summed E-state index contributed by atoms with van der Waals surface area (Å²) in [5.41, 5.74) is -0.561. The molecule has 0 radical (unpaired) electrons. The van der Waals surface area contributed by atoms with E-state index in [0.29, 0.717) is 34.0 Å². The van der Waals surface area contributed by atoms with Crippen molar-refractivity contribution in [2.45, 2.75) is 18.1 Å². The van der Waals surface area contributed by atoms with Gasteiger partial charge in [0.2, 0.25) is 0 Å². The van der Waals surface area contributed by atoms with Crippen molar-refractivity contribution in [2.24, 2.45) is 0 Å². The number of nitrogens with one attached hydrogen (secondary N) is 1. The number of halogens is 2. The fraction of sp³-hybridized carbons (Fsp3) is 0.300. The first-order valence-electron chi connectivity index (χ1n) is 9.07. The van der Waals surface area contributed by atoms with Crippen LogP contribution in [0.3, 0.4) is 0 Å². The third-order valence-electron chi connectivity index (χ3n) is 5.12. The van der Waals surface area contributed by atoms with Gasteiger partial charge in [0.15, 0.2) is 0 Å². The van der Waals surface area contributed by atoms with Crippen molar-refractivity contribution in [1.29, 1.82) is 0 Å². The average molecular weight is 420 g/mol. The second-order valence-corrected chi connectivity index (χ2v) is 7.54. The predicted molar refractivity (Wildman–Crippen MR) is 107 cm³/mol. The molecule has 152 valence electrons. The van der Waals surface area contributed by atoms with Gasteiger partial charge in [0.25, 0.3) is 5.56 Å². The van der Waals surface area contributed by atoms with E-state index in [0.717, 1.165) is 6.20 Å². The van der Waals surface area contributed by atoms with E-state index >= 15 is 0 Å². The van der Waals surface area contributed by atoms with E-state index < -0.39 is 17.5 Å². The van der Waals surface area contributed by atoms with Crippen LogP contribution in [0.2, 0.25) is 5.02 Å². The predicted octanol–water partition coefficient (Wildman–Crippen LogP) is 2.10. The van der Waals surface area contributed by atoms with Gasteiger partial charge in [-0.3, -0.25) is 4.79 Å². The van der Waals surface area contributed by atoms with E-state index in [2.05, 4.69) is 9.97 Å². The van der Waals surface area contributed by atoms with Gasteiger partial charge in [-0.25, -0.2) is 9.37 Å². The molecule has 3 aromatic rings. The fourth-order valence-electron chi connectivity index (χ4n) is 3.45. The summed E-state index contributed by atoms with van der Waals surface area (Å²) in [5, 5.41) is 21.7. The molecule has 9 heteroatoms. The summed E-state index contributed by atoms with van der Waals surface area (Å²) >= 11 is 5.79. The number of aromatic amines is 1. The third kappa shape index (κ3) is 3.91. The SMILES string of the molecule is O=c1cnc2c(OC[C@]3(O)CCN(c4ccc(Cl)cc4F)C[C@H]3O)cccc2[nH]1. The highest BCUT2D eigenvalue weighted by Gasteiger charge is 2.42. The van der Waals surface area contributed by atoms with Gasteiger partial charge in [-0.2, -0.15) is 0 Å². The van der Waals surface area contributed by atoms with Gasteiger partial charge in [-0.1, -0.05) is 17.7 Å². The second-order valence-electron chi connectivity index (χ2n) is 7.10. The lowest BCUT2D eigenvalue weighted by Gasteiger charge is -2.42. The number of hydrogen-bond donors (Lipinski definition) is 3. The molecule has 0 aliphatic carbocycles. The summed E-state index contributed by atoms with van der Waals surface area (Å²) in [7, 11) is 0. The molecule has 0 saturated carbocycles. The number of H-pyrrole nitrogens is 1. The summed E-state index contributed by atoms with van der Waals surface area (Å²) in [6, 6.07) is 9.40. The standard InChI is InChI=1S/C20H19ClFN3O4/c21-12-4-5-15(13(22)8-12)25-7-6-20(28,17(26)10-25)11-29-16-3-1-2-14-19(16)23-9-18(27)24-14/h1-5,8-9,17,26,28H,6-7,10-11H2,(H,24,27)/t17-,20-/m1/s1. The van der Waals surface area contributed by atoms with Gasteiger partial charge in [0, 0.05) is 18.1 Å². The Balaban J connectivity index is 1.48. The number of rotatable bonds is 4. The molecule has 2 heterocycles. The Morgan fingerprint density at radius 1 is 1.38 bits per heavy atom. The van der Waals surface area contributed by atoms with Crippen LogP contribution in [0.15, 0.2) is 47.4 Å². The van der Waals surface area contributed by atoms with Crippen LogP contribution in [0.4, 0.5) is 10.1 Å². The number of piperidine rings is 1. The van der Waals surface area contributed by atoms with Crippen molar-refractivity contribution in [1.82, 2.24) is 9.97 Å². The van der Waals surface area contributed by atoms with E-state index in [-0.39, 0.29) is 25.1 Å². The van der Waals surface area contributed by atoms with Crippen molar-refractivity contribution in [2.75, 3.05) is 24.6 Å². The molecule has 7 nitrogen and oxygen atoms in total. The first kappa shape index (κ1) is 19.6. The van der Waals surface area contributed by atoms with Gasteiger partial charge < -0.3 is 24.8 Å². The number of nitrogens with zero attached hydrogens (tertiary/aromatic N) is 2. The van der Waals surface area contributed by atoms with Crippen molar-refractivity contribution < 1.29 is 19.3 Å². The maximum atomic E-state index is 14.2. The van der Waals surface area contributed by atoms with Gasteiger partial charge in [-0.05, 0) is 36.8 Å². The Bertz CT molecular complexity index is 1110. The zero-order valence-corrected chi connectivity index (χ0v) is 16.1. The number of aliphatic hydroxyl groups is 2. The molecule has 4 rings (SSSR count). The number of para-hydroxylation sites is 1. The van der Waals surface area contributed by atoms with E-state index in [4.69, 9.17) is 16.3 Å². The summed E-state index contributed by atoms with van der Waals surface area (Å²) in [6.45, 7) is 0.196. The van der Waals surface area contributed by atoms with Crippen LogP contribution in [0.1, 0.15) is 6.42 Å². The number of aromatic nitrogens is 2. The summed E-state index contributed by atoms with van der Waals surface area (Å²) in [4.78, 5) is 19.8. The lowest BCUT2D eigenvalue weighted by Crippen LogP contribution is -2.58. The van der Waals surface area contributed by atoms with Crippen molar-refractivity contribution >= 4 is 28.3 Å². The Labute approximate surface area is 170 Å². The highest BCUT2D eigenvalue weighted by atomic mass is 35.5. The molecule has 0 spiro atoms. The number of anilines is 1. The van der Waals surface area contributed by atoms with Crippen LogP contribution >= 0.6 is 11.6 Å². The Morgan fingerprint density at radius 2 is 2.21 bits per heavy atom. The number of aliphatic hydroxyl groups excluding tert-OH is 1. The molecule has 1 fully saturated rings. The topological polar surface area (TPSA) is 98.7 Å². The van der Waals surface area contributed by atoms with E-state index in [9.17, 15) is 19.4 Å². The summed E-state index contributed by atoms with van der Waals surface area (Å²) in [6.07, 6.45) is 0.164. The first-order chi connectivity index (χ1) is 13.9. The molecule has 0 bridgehead atoms. The second kappa shape index (κ2) is 7.62. The fourth-order valence-corrected chi connectivity index (χ4v) is 3.61. The normalized spacial score (nSPS) is 22.1. The Hall–Kier alpha value is -2.68. The lowest BCUT2D eigenvalue weighted by molar-refractivity contribution is -0.108. The molecule has 0 amide bonds. The number of β-amino-alcohol motifs (C(OH)–C–C–N with tert-alkyl or cyclic N) is 1. The Morgan fingerprint density at radius 3 is 2.97 bits per heavy atom. The number of benzene rings is 2. The molecule has 29 heavy (non-hydrogen) atoms. The minimum atomic E-state index is -1.51. The molecular weight excluding hydrogens is 401 g/mol. The molecule has 2 atom stereocenters. The molecule has 2 aromatic carbocycles. The molecule has 1 saturated heterocycles. The maximum absolute atomic E-state index is 14.2. The van der Waals surface area contributed by atoms with Gasteiger partial charge in [-0.15, -0.1) is 0 Å². The highest BCUT2D eigenvalue weighted by Crippen LogP contribution is 2.31. The third-order valence-corrected chi connectivity index (χ3v) is 5.36. The molecule has 1 aliphatic rings. The molecular formula is C20H19ClFN3O4. The van der Waals surface area contributed by atoms with Crippen LogP contribution in [0.5, 0.6) is 5.75 Å². The van der Waals surface area contributed by atoms with Crippen LogP contribution in [-0.4, -0.2) is 51.6 Å². The van der Waals surface area contributed by atoms with E-state index in [1.54, 1.807) is 35.2 Å². The summed E-state index contributed by atoms with van der Waals surface area (Å²) < 4.78 is 19.9. The number of hydrogen-bond acceptors (Lipinski definition) is 6. The van der Waals surface area contributed by atoms with Crippen molar-refractivity contribution in [3.63, 3.8) is 0 Å². The maximum Gasteiger partial charge on any atom is 0.266 e. The van der Waals surface area contributed by atoms with Crippen LogP contribution in [-0.2, 0) is 0 Å². The minimum Gasteiger partial charge on any atom is -0.488 e. The highest BCUT2D eigenvalue weighted by molar-refractivity contribution is 6.30. The smallest absolute Gasteiger partial charge is 0.266 e. The molecule has 1 aromatic heterocycles. The first-order valence-corrected chi connectivity index (χ1v) is 9.45. The van der Waals surface area contributed by atoms with Gasteiger partial charge in [0.1, 0.15) is 35.4 Å². The van der Waals surface area contributed by atoms with Crippen LogP contribution in [0, 0.1) is 5.82 Å². The zero-order chi connectivity index (χ0) is 20.6. The Kier molecular flexibility index (Phi) is 5.16. The van der Waals surface area contributed by atoms with Crippen LogP contribution in [0.25, 0.3) is 11.0 Å². The van der Waals surface area contributed by atoms with Gasteiger partial charge in [0.05, 0.1) is 17.4 Å². The summed E-state index contributed by atoms with van der Waals surface area (Å²) in [5.74, 6) is -0.104. The van der Waals surface area contributed by atoms with Crippen molar-refractivity contribution in [3.05, 3.63) is 63.8 Å². The van der Waals surface area contributed by atoms with Crippen molar-refractivity contribution in [3.8, 4) is 5.75 Å². The number of ether oxygens (including phenoxy) is 1. The average Bonchev–Trinajstić information content (AvgIpc) is 2.68.